The van der Waals surface area contributed by atoms with E-state index in [0.29, 0.717) is 15.6 Å². The van der Waals surface area contributed by atoms with E-state index in [9.17, 15) is 15.0 Å². The van der Waals surface area contributed by atoms with E-state index in [1.807, 2.05) is 0 Å². The number of allylic oxidation sites excluding steroid dienone is 1. The summed E-state index contributed by atoms with van der Waals surface area (Å²) in [6.45, 7) is 0. The number of carbonyl (C=O) groups excluding carboxylic acids is 1. The molecule has 2 N–H and O–H groups in total. The Morgan fingerprint density at radius 2 is 1.75 bits per heavy atom. The first kappa shape index (κ1) is 14.4. The summed E-state index contributed by atoms with van der Waals surface area (Å²) in [7, 11) is 0. The normalized spacial score (nSPS) is 10.9. The molecule has 0 saturated heterocycles. The molecular formula is C15H10Cl2O3. The molecule has 0 aromatic heterocycles. The Balaban J connectivity index is 2.24. The van der Waals surface area contributed by atoms with Crippen LogP contribution in [0.5, 0.6) is 11.5 Å². The molecule has 0 heterocycles. The highest BCUT2D eigenvalue weighted by Crippen LogP contribution is 2.25. The van der Waals surface area contributed by atoms with Crippen molar-refractivity contribution >= 4 is 35.1 Å². The molecule has 0 bridgehead atoms. The number of ketones is 1. The molecule has 2 rings (SSSR count). The average molecular weight is 309 g/mol. The second-order valence-corrected chi connectivity index (χ2v) is 4.89. The summed E-state index contributed by atoms with van der Waals surface area (Å²) in [6.07, 6.45) is 2.84. The second kappa shape index (κ2) is 5.99. The van der Waals surface area contributed by atoms with Crippen LogP contribution < -0.4 is 0 Å². The van der Waals surface area contributed by atoms with Crippen LogP contribution in [-0.2, 0) is 0 Å². The molecule has 0 unspecified atom stereocenters. The summed E-state index contributed by atoms with van der Waals surface area (Å²) in [6, 6.07) is 8.72. The van der Waals surface area contributed by atoms with Gasteiger partial charge >= 0.3 is 0 Å². The van der Waals surface area contributed by atoms with E-state index in [-0.39, 0.29) is 17.1 Å². The molecule has 0 aliphatic carbocycles. The smallest absolute Gasteiger partial charge is 0.189 e. The average Bonchev–Trinajstić information content (AvgIpc) is 2.42. The van der Waals surface area contributed by atoms with E-state index in [1.165, 1.54) is 24.3 Å². The van der Waals surface area contributed by atoms with Gasteiger partial charge in [0.15, 0.2) is 5.78 Å². The number of halogens is 2. The van der Waals surface area contributed by atoms with Crippen molar-refractivity contribution in [3.05, 3.63) is 63.6 Å². The number of carbonyl (C=O) groups is 1. The Bertz CT molecular complexity index is 694. The summed E-state index contributed by atoms with van der Waals surface area (Å²) < 4.78 is 0. The lowest BCUT2D eigenvalue weighted by molar-refractivity contribution is 0.104. The van der Waals surface area contributed by atoms with Gasteiger partial charge in [-0.2, -0.15) is 0 Å². The Kier molecular flexibility index (Phi) is 4.32. The summed E-state index contributed by atoms with van der Waals surface area (Å²) in [5.74, 6) is -0.704. The first-order chi connectivity index (χ1) is 9.47. The predicted molar refractivity (Wildman–Crippen MR) is 79.6 cm³/mol. The van der Waals surface area contributed by atoms with Crippen LogP contribution in [0.1, 0.15) is 15.9 Å². The Hall–Kier alpha value is -1.97. The molecule has 0 aliphatic rings. The third-order valence-electron chi connectivity index (χ3n) is 2.62. The van der Waals surface area contributed by atoms with Crippen molar-refractivity contribution in [2.45, 2.75) is 0 Å². The molecule has 0 radical (unpaired) electrons. The van der Waals surface area contributed by atoms with Gasteiger partial charge in [0.1, 0.15) is 11.5 Å². The van der Waals surface area contributed by atoms with Gasteiger partial charge in [0.05, 0.1) is 15.6 Å². The maximum Gasteiger partial charge on any atom is 0.189 e. The van der Waals surface area contributed by atoms with Gasteiger partial charge in [-0.05, 0) is 42.0 Å². The van der Waals surface area contributed by atoms with Crippen molar-refractivity contribution in [1.82, 2.24) is 0 Å². The zero-order chi connectivity index (χ0) is 14.7. The third kappa shape index (κ3) is 3.32. The zero-order valence-electron chi connectivity index (χ0n) is 10.2. The van der Waals surface area contributed by atoms with Crippen molar-refractivity contribution in [3.8, 4) is 11.5 Å². The molecule has 0 saturated carbocycles. The van der Waals surface area contributed by atoms with E-state index in [1.54, 1.807) is 24.3 Å². The van der Waals surface area contributed by atoms with E-state index >= 15 is 0 Å². The maximum atomic E-state index is 11.9. The van der Waals surface area contributed by atoms with E-state index < -0.39 is 5.78 Å². The highest BCUT2D eigenvalue weighted by molar-refractivity contribution is 6.42. The summed E-state index contributed by atoms with van der Waals surface area (Å²) >= 11 is 11.7. The van der Waals surface area contributed by atoms with Crippen molar-refractivity contribution in [2.75, 3.05) is 0 Å². The number of rotatable bonds is 3. The monoisotopic (exact) mass is 308 g/mol. The number of phenols is 2. The van der Waals surface area contributed by atoms with Crippen molar-refractivity contribution in [2.24, 2.45) is 0 Å². The molecule has 2 aromatic carbocycles. The van der Waals surface area contributed by atoms with Crippen molar-refractivity contribution in [1.29, 1.82) is 0 Å². The van der Waals surface area contributed by atoms with Gasteiger partial charge in [-0.25, -0.2) is 0 Å². The lowest BCUT2D eigenvalue weighted by atomic mass is 10.1. The Morgan fingerprint density at radius 1 is 1.00 bits per heavy atom. The largest absolute Gasteiger partial charge is 0.508 e. The van der Waals surface area contributed by atoms with Gasteiger partial charge in [-0.3, -0.25) is 4.79 Å². The molecule has 0 fully saturated rings. The van der Waals surface area contributed by atoms with Gasteiger partial charge in [0.25, 0.3) is 0 Å². The molecule has 0 amide bonds. The topological polar surface area (TPSA) is 57.5 Å². The Labute approximate surface area is 125 Å². The molecule has 2 aromatic rings. The summed E-state index contributed by atoms with van der Waals surface area (Å²) in [5, 5.41) is 19.7. The van der Waals surface area contributed by atoms with Gasteiger partial charge in [-0.1, -0.05) is 35.3 Å². The quantitative estimate of drug-likeness (QED) is 0.505. The van der Waals surface area contributed by atoms with Crippen LogP contribution >= 0.6 is 23.2 Å². The van der Waals surface area contributed by atoms with E-state index in [4.69, 9.17) is 23.2 Å². The minimum atomic E-state index is -0.426. The van der Waals surface area contributed by atoms with Crippen LogP contribution in [0.3, 0.4) is 0 Å². The molecule has 5 heteroatoms. The first-order valence-electron chi connectivity index (χ1n) is 5.67. The number of benzene rings is 2. The highest BCUT2D eigenvalue weighted by atomic mass is 35.5. The number of aromatic hydroxyl groups is 2. The predicted octanol–water partition coefficient (Wildman–Crippen LogP) is 4.30. The minimum absolute atomic E-state index is 0.0290. The Morgan fingerprint density at radius 3 is 2.45 bits per heavy atom. The SMILES string of the molecule is O=C(C=Cc1ccc(Cl)c(Cl)c1)c1cc(O)ccc1O. The van der Waals surface area contributed by atoms with Crippen LogP contribution in [0.15, 0.2) is 42.5 Å². The van der Waals surface area contributed by atoms with Crippen molar-refractivity contribution in [3.63, 3.8) is 0 Å². The van der Waals surface area contributed by atoms with E-state index in [2.05, 4.69) is 0 Å². The number of hydrogen-bond acceptors (Lipinski definition) is 3. The van der Waals surface area contributed by atoms with E-state index in [0.717, 1.165) is 0 Å². The van der Waals surface area contributed by atoms with Crippen molar-refractivity contribution < 1.29 is 15.0 Å². The second-order valence-electron chi connectivity index (χ2n) is 4.07. The highest BCUT2D eigenvalue weighted by Gasteiger charge is 2.09. The lowest BCUT2D eigenvalue weighted by Crippen LogP contribution is -1.94. The molecule has 0 aliphatic heterocycles. The fourth-order valence-electron chi connectivity index (χ4n) is 1.60. The fourth-order valence-corrected chi connectivity index (χ4v) is 1.91. The lowest BCUT2D eigenvalue weighted by Gasteiger charge is -2.01. The molecule has 3 nitrogen and oxygen atoms in total. The minimum Gasteiger partial charge on any atom is -0.508 e. The molecule has 20 heavy (non-hydrogen) atoms. The zero-order valence-corrected chi connectivity index (χ0v) is 11.7. The number of hydrogen-bond donors (Lipinski definition) is 2. The standard InChI is InChI=1S/C15H10Cl2O3/c16-12-4-1-9(7-13(12)17)2-5-14(19)11-8-10(18)3-6-15(11)20/h1-8,18,20H. The van der Waals surface area contributed by atoms with Crippen LogP contribution in [0.4, 0.5) is 0 Å². The van der Waals surface area contributed by atoms with Crippen LogP contribution in [0.25, 0.3) is 6.08 Å². The molecule has 0 spiro atoms. The molecular weight excluding hydrogens is 299 g/mol. The van der Waals surface area contributed by atoms with Gasteiger partial charge in [-0.15, -0.1) is 0 Å². The fraction of sp³-hybridized carbons (Fsp3) is 0. The maximum absolute atomic E-state index is 11.9. The third-order valence-corrected chi connectivity index (χ3v) is 3.36. The molecule has 0 atom stereocenters. The van der Waals surface area contributed by atoms with Gasteiger partial charge in [0.2, 0.25) is 0 Å². The molecule has 102 valence electrons. The van der Waals surface area contributed by atoms with Crippen LogP contribution in [-0.4, -0.2) is 16.0 Å². The summed E-state index contributed by atoms with van der Waals surface area (Å²) in [5.41, 5.74) is 0.730. The first-order valence-corrected chi connectivity index (χ1v) is 6.42. The number of phenolic OH excluding ortho intramolecular Hbond substituents is 2. The van der Waals surface area contributed by atoms with Gasteiger partial charge < -0.3 is 10.2 Å². The van der Waals surface area contributed by atoms with Gasteiger partial charge in [0, 0.05) is 0 Å². The van der Waals surface area contributed by atoms with Crippen LogP contribution in [0, 0.1) is 0 Å². The summed E-state index contributed by atoms with van der Waals surface area (Å²) in [4.78, 5) is 11.9. The van der Waals surface area contributed by atoms with Crippen LogP contribution in [0.2, 0.25) is 10.0 Å².